The molecule has 156 valence electrons. The number of hydrogen-bond donors (Lipinski definition) is 1. The molecule has 0 spiro atoms. The van der Waals surface area contributed by atoms with Crippen molar-refractivity contribution in [3.05, 3.63) is 65.2 Å². The van der Waals surface area contributed by atoms with E-state index in [2.05, 4.69) is 84.5 Å². The van der Waals surface area contributed by atoms with Gasteiger partial charge in [0.2, 0.25) is 5.91 Å². The zero-order chi connectivity index (χ0) is 20.8. The Morgan fingerprint density at radius 3 is 2.38 bits per heavy atom. The average molecular weight is 395 g/mol. The van der Waals surface area contributed by atoms with E-state index in [9.17, 15) is 4.79 Å². The Balaban J connectivity index is 1.68. The molecule has 2 aromatic rings. The molecule has 0 radical (unpaired) electrons. The standard InChI is InChI=1S/C24H34N4O/c1-19-6-5-7-20(16-19)17-24(29)25-18-23(28-14-12-27(4)13-15-28)21-8-10-22(11-9-21)26(2)3/h5-11,16,23H,12-15,17-18H2,1-4H3,(H,25,29)/t23-/m1/s1. The maximum Gasteiger partial charge on any atom is 0.224 e. The molecule has 1 atom stereocenters. The van der Waals surface area contributed by atoms with Crippen LogP contribution in [0.5, 0.6) is 0 Å². The quantitative estimate of drug-likeness (QED) is 0.784. The summed E-state index contributed by atoms with van der Waals surface area (Å²) in [7, 11) is 6.28. The van der Waals surface area contributed by atoms with Gasteiger partial charge < -0.3 is 15.1 Å². The predicted octanol–water partition coefficient (Wildman–Crippen LogP) is 2.71. The summed E-state index contributed by atoms with van der Waals surface area (Å²) in [4.78, 5) is 19.6. The molecule has 5 nitrogen and oxygen atoms in total. The van der Waals surface area contributed by atoms with Crippen molar-refractivity contribution in [1.29, 1.82) is 0 Å². The van der Waals surface area contributed by atoms with Crippen molar-refractivity contribution in [2.24, 2.45) is 0 Å². The number of hydrogen-bond acceptors (Lipinski definition) is 4. The van der Waals surface area contributed by atoms with Gasteiger partial charge in [0.05, 0.1) is 12.5 Å². The first-order valence-electron chi connectivity index (χ1n) is 10.4. The molecule has 1 aliphatic rings. The van der Waals surface area contributed by atoms with E-state index >= 15 is 0 Å². The Bertz CT molecular complexity index is 795. The number of rotatable bonds is 7. The molecule has 5 heteroatoms. The van der Waals surface area contributed by atoms with Crippen molar-refractivity contribution in [1.82, 2.24) is 15.1 Å². The van der Waals surface area contributed by atoms with Crippen LogP contribution in [0, 0.1) is 6.92 Å². The van der Waals surface area contributed by atoms with Gasteiger partial charge in [-0.15, -0.1) is 0 Å². The Morgan fingerprint density at radius 1 is 1.07 bits per heavy atom. The maximum atomic E-state index is 12.6. The number of carbonyl (C=O) groups is 1. The molecule has 2 aromatic carbocycles. The van der Waals surface area contributed by atoms with Gasteiger partial charge >= 0.3 is 0 Å². The number of benzene rings is 2. The molecule has 1 aliphatic heterocycles. The van der Waals surface area contributed by atoms with Gasteiger partial charge in [-0.3, -0.25) is 9.69 Å². The minimum atomic E-state index is 0.0830. The SMILES string of the molecule is Cc1cccc(CC(=O)NC[C@H](c2ccc(N(C)C)cc2)N2CCN(C)CC2)c1. The zero-order valence-corrected chi connectivity index (χ0v) is 18.2. The highest BCUT2D eigenvalue weighted by Gasteiger charge is 2.24. The van der Waals surface area contributed by atoms with Gasteiger partial charge in [-0.25, -0.2) is 0 Å². The lowest BCUT2D eigenvalue weighted by molar-refractivity contribution is -0.120. The molecule has 0 unspecified atom stereocenters. The van der Waals surface area contributed by atoms with E-state index in [0.29, 0.717) is 13.0 Å². The van der Waals surface area contributed by atoms with Crippen LogP contribution in [-0.4, -0.2) is 69.6 Å². The summed E-state index contributed by atoms with van der Waals surface area (Å²) in [5.74, 6) is 0.0830. The molecule has 1 amide bonds. The first-order chi connectivity index (χ1) is 13.9. The molecular formula is C24H34N4O. The summed E-state index contributed by atoms with van der Waals surface area (Å²) >= 11 is 0. The second-order valence-electron chi connectivity index (χ2n) is 8.31. The predicted molar refractivity (Wildman–Crippen MR) is 120 cm³/mol. The van der Waals surface area contributed by atoms with E-state index in [1.165, 1.54) is 16.8 Å². The zero-order valence-electron chi connectivity index (χ0n) is 18.2. The lowest BCUT2D eigenvalue weighted by Gasteiger charge is -2.38. The van der Waals surface area contributed by atoms with E-state index in [1.807, 2.05) is 12.1 Å². The topological polar surface area (TPSA) is 38.8 Å². The number of anilines is 1. The van der Waals surface area contributed by atoms with Gasteiger partial charge in [0.15, 0.2) is 0 Å². The first kappa shape index (κ1) is 21.3. The summed E-state index contributed by atoms with van der Waals surface area (Å²) in [6, 6.07) is 17.1. The molecule has 0 aromatic heterocycles. The van der Waals surface area contributed by atoms with E-state index in [1.54, 1.807) is 0 Å². The Kier molecular flexibility index (Phi) is 7.29. The molecule has 1 saturated heterocycles. The Hall–Kier alpha value is -2.37. The summed E-state index contributed by atoms with van der Waals surface area (Å²) in [6.07, 6.45) is 0.427. The minimum Gasteiger partial charge on any atom is -0.378 e. The first-order valence-corrected chi connectivity index (χ1v) is 10.4. The second-order valence-corrected chi connectivity index (χ2v) is 8.31. The van der Waals surface area contributed by atoms with Gasteiger partial charge in [-0.05, 0) is 37.2 Å². The van der Waals surface area contributed by atoms with Crippen LogP contribution in [0.4, 0.5) is 5.69 Å². The van der Waals surface area contributed by atoms with Crippen molar-refractivity contribution in [3.8, 4) is 0 Å². The van der Waals surface area contributed by atoms with Crippen LogP contribution >= 0.6 is 0 Å². The minimum absolute atomic E-state index is 0.0830. The Labute approximate surface area is 175 Å². The van der Waals surface area contributed by atoms with Crippen LogP contribution in [0.15, 0.2) is 48.5 Å². The summed E-state index contributed by atoms with van der Waals surface area (Å²) in [5.41, 5.74) is 4.70. The Morgan fingerprint density at radius 2 is 1.76 bits per heavy atom. The third kappa shape index (κ3) is 6.05. The lowest BCUT2D eigenvalue weighted by Crippen LogP contribution is -2.48. The van der Waals surface area contributed by atoms with E-state index < -0.39 is 0 Å². The molecule has 29 heavy (non-hydrogen) atoms. The highest BCUT2D eigenvalue weighted by atomic mass is 16.1. The molecule has 0 aliphatic carbocycles. The smallest absolute Gasteiger partial charge is 0.224 e. The van der Waals surface area contributed by atoms with Crippen LogP contribution in [0.3, 0.4) is 0 Å². The van der Waals surface area contributed by atoms with Crippen molar-refractivity contribution in [2.75, 3.05) is 58.8 Å². The van der Waals surface area contributed by atoms with E-state index in [-0.39, 0.29) is 11.9 Å². The van der Waals surface area contributed by atoms with Gasteiger partial charge in [-0.2, -0.15) is 0 Å². The fraction of sp³-hybridized carbons (Fsp3) is 0.458. The molecule has 1 heterocycles. The summed E-state index contributed by atoms with van der Waals surface area (Å²) in [6.45, 7) is 6.85. The normalized spacial score (nSPS) is 16.4. The average Bonchev–Trinajstić information content (AvgIpc) is 2.70. The number of carbonyl (C=O) groups excluding carboxylic acids is 1. The molecule has 3 rings (SSSR count). The summed E-state index contributed by atoms with van der Waals surface area (Å²) in [5, 5.41) is 3.19. The van der Waals surface area contributed by atoms with Crippen LogP contribution in [-0.2, 0) is 11.2 Å². The fourth-order valence-corrected chi connectivity index (χ4v) is 3.87. The number of amides is 1. The third-order valence-electron chi connectivity index (χ3n) is 5.71. The van der Waals surface area contributed by atoms with E-state index in [0.717, 1.165) is 31.7 Å². The highest BCUT2D eigenvalue weighted by molar-refractivity contribution is 5.78. The fourth-order valence-electron chi connectivity index (χ4n) is 3.87. The summed E-state index contributed by atoms with van der Waals surface area (Å²) < 4.78 is 0. The third-order valence-corrected chi connectivity index (χ3v) is 5.71. The van der Waals surface area contributed by atoms with E-state index in [4.69, 9.17) is 0 Å². The molecular weight excluding hydrogens is 360 g/mol. The van der Waals surface area contributed by atoms with Crippen LogP contribution in [0.25, 0.3) is 0 Å². The van der Waals surface area contributed by atoms with Crippen LogP contribution in [0.1, 0.15) is 22.7 Å². The number of nitrogens with zero attached hydrogens (tertiary/aromatic N) is 3. The maximum absolute atomic E-state index is 12.6. The number of piperazine rings is 1. The van der Waals surface area contributed by atoms with Gasteiger partial charge in [0, 0.05) is 52.5 Å². The number of likely N-dealkylation sites (N-methyl/N-ethyl adjacent to an activating group) is 1. The largest absolute Gasteiger partial charge is 0.378 e. The second kappa shape index (κ2) is 9.90. The number of nitrogens with one attached hydrogen (secondary N) is 1. The van der Waals surface area contributed by atoms with Crippen LogP contribution in [0.2, 0.25) is 0 Å². The van der Waals surface area contributed by atoms with Crippen molar-refractivity contribution < 1.29 is 4.79 Å². The molecule has 0 saturated carbocycles. The van der Waals surface area contributed by atoms with Crippen molar-refractivity contribution >= 4 is 11.6 Å². The molecule has 1 fully saturated rings. The van der Waals surface area contributed by atoms with Crippen molar-refractivity contribution in [2.45, 2.75) is 19.4 Å². The van der Waals surface area contributed by atoms with Crippen LogP contribution < -0.4 is 10.2 Å². The van der Waals surface area contributed by atoms with Gasteiger partial charge in [-0.1, -0.05) is 42.0 Å². The molecule has 0 bridgehead atoms. The monoisotopic (exact) mass is 394 g/mol. The van der Waals surface area contributed by atoms with Gasteiger partial charge in [0.1, 0.15) is 0 Å². The highest BCUT2D eigenvalue weighted by Crippen LogP contribution is 2.24. The lowest BCUT2D eigenvalue weighted by atomic mass is 10.0. The van der Waals surface area contributed by atoms with Gasteiger partial charge in [0.25, 0.3) is 0 Å². The van der Waals surface area contributed by atoms with Crippen molar-refractivity contribution in [3.63, 3.8) is 0 Å². The molecule has 1 N–H and O–H groups in total. The number of aryl methyl sites for hydroxylation is 1.